The highest BCUT2D eigenvalue weighted by molar-refractivity contribution is 7.92. The van der Waals surface area contributed by atoms with Crippen LogP contribution in [0.15, 0.2) is 41.3 Å². The largest absolute Gasteiger partial charge is 0.416 e. The van der Waals surface area contributed by atoms with Crippen LogP contribution < -0.4 is 4.72 Å². The molecule has 10 heteroatoms. The average Bonchev–Trinajstić information content (AvgIpc) is 2.38. The van der Waals surface area contributed by atoms with Crippen LogP contribution in [-0.4, -0.2) is 8.42 Å². The number of rotatable bonds is 3. The average molecular weight is 372 g/mol. The van der Waals surface area contributed by atoms with Crippen LogP contribution in [0, 0.1) is 11.6 Å². The molecule has 0 fully saturated rings. The molecule has 0 saturated heterocycles. The van der Waals surface area contributed by atoms with Crippen molar-refractivity contribution in [2.75, 3.05) is 4.72 Å². The van der Waals surface area contributed by atoms with Gasteiger partial charge in [-0.05, 0) is 30.3 Å². The number of benzene rings is 2. The van der Waals surface area contributed by atoms with Crippen molar-refractivity contribution >= 4 is 27.3 Å². The van der Waals surface area contributed by atoms with E-state index in [0.717, 1.165) is 6.07 Å². The van der Waals surface area contributed by atoms with Crippen LogP contribution in [0.1, 0.15) is 5.56 Å². The Bertz CT molecular complexity index is 832. The molecule has 0 amide bonds. The number of nitrogens with one attached hydrogen (secondary N) is 1. The van der Waals surface area contributed by atoms with E-state index in [9.17, 15) is 30.4 Å². The van der Waals surface area contributed by atoms with Crippen LogP contribution in [0.25, 0.3) is 0 Å². The van der Waals surface area contributed by atoms with Gasteiger partial charge in [-0.3, -0.25) is 4.72 Å². The summed E-state index contributed by atoms with van der Waals surface area (Å²) in [6.07, 6.45) is -4.71. The molecule has 1 N–H and O–H groups in total. The Morgan fingerprint density at radius 1 is 0.957 bits per heavy atom. The zero-order chi connectivity index (χ0) is 17.4. The number of hydrogen-bond donors (Lipinski definition) is 1. The first kappa shape index (κ1) is 17.5. The molecule has 0 aliphatic heterocycles. The van der Waals surface area contributed by atoms with Gasteiger partial charge in [-0.15, -0.1) is 0 Å². The molecule has 0 aliphatic rings. The van der Waals surface area contributed by atoms with Crippen LogP contribution in [0.3, 0.4) is 0 Å². The first-order valence-electron chi connectivity index (χ1n) is 5.85. The van der Waals surface area contributed by atoms with E-state index in [4.69, 9.17) is 11.6 Å². The van der Waals surface area contributed by atoms with E-state index in [1.807, 2.05) is 0 Å². The molecule has 3 nitrogen and oxygen atoms in total. The lowest BCUT2D eigenvalue weighted by Gasteiger charge is -2.13. The summed E-state index contributed by atoms with van der Waals surface area (Å²) in [6.45, 7) is 0. The standard InChI is InChI=1S/C13H7ClF5NO2S/c14-11-2-1-7(13(17,18)19)3-12(11)20-23(21,22)10-5-8(15)4-9(16)6-10/h1-6,20H. The van der Waals surface area contributed by atoms with Gasteiger partial charge in [0, 0.05) is 6.07 Å². The van der Waals surface area contributed by atoms with Crippen molar-refractivity contribution in [3.8, 4) is 0 Å². The van der Waals surface area contributed by atoms with Gasteiger partial charge in [-0.25, -0.2) is 17.2 Å². The summed E-state index contributed by atoms with van der Waals surface area (Å²) in [5.74, 6) is -2.30. The zero-order valence-corrected chi connectivity index (χ0v) is 12.5. The Labute approximate surface area is 132 Å². The molecule has 0 spiro atoms. The molecule has 2 aromatic carbocycles. The van der Waals surface area contributed by atoms with Gasteiger partial charge in [-0.1, -0.05) is 11.6 Å². The fourth-order valence-corrected chi connectivity index (χ4v) is 3.00. The maximum atomic E-state index is 13.1. The first-order valence-corrected chi connectivity index (χ1v) is 7.71. The van der Waals surface area contributed by atoms with Gasteiger partial charge >= 0.3 is 6.18 Å². The van der Waals surface area contributed by atoms with E-state index in [-0.39, 0.29) is 5.02 Å². The van der Waals surface area contributed by atoms with Crippen molar-refractivity contribution < 1.29 is 30.4 Å². The summed E-state index contributed by atoms with van der Waals surface area (Å²) in [5.41, 5.74) is -1.70. The highest BCUT2D eigenvalue weighted by Crippen LogP contribution is 2.34. The van der Waals surface area contributed by atoms with Gasteiger partial charge in [-0.2, -0.15) is 13.2 Å². The number of alkyl halides is 3. The van der Waals surface area contributed by atoms with Crippen LogP contribution in [0.2, 0.25) is 5.02 Å². The monoisotopic (exact) mass is 371 g/mol. The quantitative estimate of drug-likeness (QED) is 0.811. The lowest BCUT2D eigenvalue weighted by molar-refractivity contribution is -0.137. The number of sulfonamides is 1. The normalized spacial score (nSPS) is 12.3. The summed E-state index contributed by atoms with van der Waals surface area (Å²) in [5, 5.41) is -0.307. The van der Waals surface area contributed by atoms with Crippen molar-refractivity contribution in [1.29, 1.82) is 0 Å². The number of anilines is 1. The second kappa shape index (κ2) is 5.97. The molecule has 0 bridgehead atoms. The van der Waals surface area contributed by atoms with Crippen molar-refractivity contribution in [3.05, 3.63) is 58.6 Å². The van der Waals surface area contributed by atoms with Crippen LogP contribution in [0.5, 0.6) is 0 Å². The lowest BCUT2D eigenvalue weighted by atomic mass is 10.2. The summed E-state index contributed by atoms with van der Waals surface area (Å²) in [7, 11) is -4.52. The zero-order valence-electron chi connectivity index (χ0n) is 11.0. The SMILES string of the molecule is O=S(=O)(Nc1cc(C(F)(F)F)ccc1Cl)c1cc(F)cc(F)c1. The van der Waals surface area contributed by atoms with Gasteiger partial charge in [0.25, 0.3) is 10.0 Å². The molecule has 124 valence electrons. The maximum Gasteiger partial charge on any atom is 0.416 e. The van der Waals surface area contributed by atoms with Crippen LogP contribution >= 0.6 is 11.6 Å². The van der Waals surface area contributed by atoms with E-state index in [1.54, 1.807) is 4.72 Å². The van der Waals surface area contributed by atoms with Gasteiger partial charge in [0.05, 0.1) is 21.2 Å². The number of halogens is 6. The topological polar surface area (TPSA) is 46.2 Å². The molecule has 0 atom stereocenters. The summed E-state index contributed by atoms with van der Waals surface area (Å²) in [4.78, 5) is -0.788. The Hall–Kier alpha value is -1.87. The third-order valence-electron chi connectivity index (χ3n) is 2.68. The molecule has 0 aliphatic carbocycles. The highest BCUT2D eigenvalue weighted by atomic mass is 35.5. The minimum absolute atomic E-state index is 0.307. The van der Waals surface area contributed by atoms with Gasteiger partial charge in [0.15, 0.2) is 0 Å². The van der Waals surface area contributed by atoms with Crippen LogP contribution in [-0.2, 0) is 16.2 Å². The molecule has 2 rings (SSSR count). The van der Waals surface area contributed by atoms with Gasteiger partial charge in [0.2, 0.25) is 0 Å². The molecule has 0 aromatic heterocycles. The Morgan fingerprint density at radius 2 is 1.52 bits per heavy atom. The van der Waals surface area contributed by atoms with E-state index < -0.39 is 44.0 Å². The number of hydrogen-bond acceptors (Lipinski definition) is 2. The molecule has 23 heavy (non-hydrogen) atoms. The van der Waals surface area contributed by atoms with Crippen molar-refractivity contribution in [2.24, 2.45) is 0 Å². The summed E-state index contributed by atoms with van der Waals surface area (Å²) < 4.78 is 90.0. The third-order valence-corrected chi connectivity index (χ3v) is 4.36. The molecule has 0 saturated carbocycles. The summed E-state index contributed by atoms with van der Waals surface area (Å²) in [6, 6.07) is 3.50. The summed E-state index contributed by atoms with van der Waals surface area (Å²) >= 11 is 5.66. The van der Waals surface area contributed by atoms with Crippen molar-refractivity contribution in [1.82, 2.24) is 0 Å². The smallest absolute Gasteiger partial charge is 0.278 e. The Morgan fingerprint density at radius 3 is 2.04 bits per heavy atom. The van der Waals surface area contributed by atoms with E-state index >= 15 is 0 Å². The predicted octanol–water partition coefficient (Wildman–Crippen LogP) is 4.44. The minimum atomic E-state index is -4.71. The van der Waals surface area contributed by atoms with E-state index in [2.05, 4.69) is 0 Å². The van der Waals surface area contributed by atoms with E-state index in [1.165, 1.54) is 0 Å². The third kappa shape index (κ3) is 4.11. The maximum absolute atomic E-state index is 13.1. The Kier molecular flexibility index (Phi) is 4.54. The molecule has 2 aromatic rings. The van der Waals surface area contributed by atoms with Crippen molar-refractivity contribution in [3.63, 3.8) is 0 Å². The molecular weight excluding hydrogens is 365 g/mol. The Balaban J connectivity index is 2.45. The molecule has 0 radical (unpaired) electrons. The molecule has 0 unspecified atom stereocenters. The second-order valence-corrected chi connectivity index (χ2v) is 6.49. The predicted molar refractivity (Wildman–Crippen MR) is 73.6 cm³/mol. The minimum Gasteiger partial charge on any atom is -0.278 e. The fraction of sp³-hybridized carbons (Fsp3) is 0.0769. The lowest BCUT2D eigenvalue weighted by Crippen LogP contribution is -2.15. The molecular formula is C13H7ClF5NO2S. The van der Waals surface area contributed by atoms with Gasteiger partial charge in [0.1, 0.15) is 11.6 Å². The highest BCUT2D eigenvalue weighted by Gasteiger charge is 2.31. The van der Waals surface area contributed by atoms with Crippen LogP contribution in [0.4, 0.5) is 27.6 Å². The van der Waals surface area contributed by atoms with Crippen molar-refractivity contribution in [2.45, 2.75) is 11.1 Å². The fourth-order valence-electron chi connectivity index (χ4n) is 1.67. The van der Waals surface area contributed by atoms with E-state index in [0.29, 0.717) is 30.3 Å². The first-order chi connectivity index (χ1) is 10.5. The second-order valence-electron chi connectivity index (χ2n) is 4.40. The molecule has 0 heterocycles. The van der Waals surface area contributed by atoms with Gasteiger partial charge < -0.3 is 0 Å².